The van der Waals surface area contributed by atoms with Gasteiger partial charge in [-0.1, -0.05) is 24.4 Å². The van der Waals surface area contributed by atoms with Gasteiger partial charge in [-0.3, -0.25) is 15.5 Å². The molecule has 1 fully saturated rings. The van der Waals surface area contributed by atoms with Gasteiger partial charge in [-0.2, -0.15) is 0 Å². The smallest absolute Gasteiger partial charge is 0.407 e. The Labute approximate surface area is 217 Å². The van der Waals surface area contributed by atoms with Crippen LogP contribution in [-0.2, 0) is 4.74 Å². The van der Waals surface area contributed by atoms with Gasteiger partial charge in [0.2, 0.25) is 0 Å². The molecule has 2 amide bonds. The number of guanidine groups is 1. The number of carbonyl (C=O) groups is 2. The lowest BCUT2D eigenvalue weighted by atomic mass is 9.91. The van der Waals surface area contributed by atoms with Gasteiger partial charge in [0.05, 0.1) is 0 Å². The molecule has 202 valence electrons. The number of ether oxygens (including phenoxy) is 1. The quantitative estimate of drug-likeness (QED) is 0.151. The van der Waals surface area contributed by atoms with Gasteiger partial charge in [-0.15, -0.1) is 0 Å². The lowest BCUT2D eigenvalue weighted by molar-refractivity contribution is 0.0524. The predicted octanol–water partition coefficient (Wildman–Crippen LogP) is 2.35. The second-order valence-corrected chi connectivity index (χ2v) is 10.3. The summed E-state index contributed by atoms with van der Waals surface area (Å²) in [7, 11) is 0. The van der Waals surface area contributed by atoms with Crippen LogP contribution in [0.15, 0.2) is 0 Å². The molecule has 0 unspecified atom stereocenters. The van der Waals surface area contributed by atoms with Crippen molar-refractivity contribution in [2.24, 2.45) is 5.92 Å². The van der Waals surface area contributed by atoms with E-state index in [1.165, 1.54) is 12.8 Å². The number of halogens is 1. The van der Waals surface area contributed by atoms with Crippen molar-refractivity contribution in [3.63, 3.8) is 0 Å². The van der Waals surface area contributed by atoms with E-state index in [9.17, 15) is 9.59 Å². The molecular weight excluding hydrogens is 486 g/mol. The Bertz CT molecular complexity index is 900. The molecule has 8 N–H and O–H groups in total. The second-order valence-electron chi connectivity index (χ2n) is 9.95. The van der Waals surface area contributed by atoms with Crippen LogP contribution in [0, 0.1) is 11.3 Å². The zero-order valence-corrected chi connectivity index (χ0v) is 22.2. The van der Waals surface area contributed by atoms with Crippen molar-refractivity contribution in [2.75, 3.05) is 44.2 Å². The van der Waals surface area contributed by atoms with Gasteiger partial charge in [0.15, 0.2) is 28.4 Å². The first-order valence-electron chi connectivity index (χ1n) is 12.4. The van der Waals surface area contributed by atoms with Crippen LogP contribution in [0.5, 0.6) is 0 Å². The molecular formula is C23H40ClN9O3. The summed E-state index contributed by atoms with van der Waals surface area (Å²) >= 11 is 5.79. The highest BCUT2D eigenvalue weighted by Crippen LogP contribution is 2.22. The minimum absolute atomic E-state index is 0.0582. The van der Waals surface area contributed by atoms with E-state index >= 15 is 0 Å². The summed E-state index contributed by atoms with van der Waals surface area (Å²) in [6.07, 6.45) is 5.97. The van der Waals surface area contributed by atoms with Crippen molar-refractivity contribution < 1.29 is 14.3 Å². The number of anilines is 2. The minimum Gasteiger partial charge on any atom is -0.444 e. The second kappa shape index (κ2) is 14.0. The number of likely N-dealkylation sites (tertiary alicyclic amines) is 1. The lowest BCUT2D eigenvalue weighted by Gasteiger charge is -2.32. The van der Waals surface area contributed by atoms with Gasteiger partial charge in [0, 0.05) is 13.1 Å². The number of nitrogens with one attached hydrogen (secondary N) is 4. The van der Waals surface area contributed by atoms with Crippen molar-refractivity contribution in [3.8, 4) is 0 Å². The van der Waals surface area contributed by atoms with Crippen molar-refractivity contribution in [1.29, 1.82) is 5.41 Å². The fourth-order valence-corrected chi connectivity index (χ4v) is 4.03. The fraction of sp³-hybridized carbons (Fsp3) is 0.696. The normalized spacial score (nSPS) is 14.8. The van der Waals surface area contributed by atoms with E-state index in [-0.39, 0.29) is 34.5 Å². The standard InChI is InChI=1S/C23H40ClN9O3/c1-23(2,3)36-22(35)29-11-6-12-33-13-8-15(9-14-33)7-4-5-10-28-21(27)32-20(34)16-18(25)31-19(26)17(24)30-16/h15H,4-14H2,1-3H3,(H,29,35)(H4,25,26,31)(H3,27,28,32,34). The largest absolute Gasteiger partial charge is 0.444 e. The molecule has 36 heavy (non-hydrogen) atoms. The van der Waals surface area contributed by atoms with Crippen LogP contribution in [-0.4, -0.2) is 71.2 Å². The summed E-state index contributed by atoms with van der Waals surface area (Å²) in [5.74, 6) is -0.310. The maximum atomic E-state index is 12.2. The predicted molar refractivity (Wildman–Crippen MR) is 141 cm³/mol. The Hall–Kier alpha value is -2.86. The highest BCUT2D eigenvalue weighted by atomic mass is 35.5. The van der Waals surface area contributed by atoms with E-state index in [0.29, 0.717) is 19.0 Å². The molecule has 0 radical (unpaired) electrons. The number of amides is 2. The number of carbonyl (C=O) groups excluding carboxylic acids is 2. The number of nitrogens with zero attached hydrogens (tertiary/aromatic N) is 3. The number of alkyl carbamates (subject to hydrolysis) is 1. The van der Waals surface area contributed by atoms with Crippen LogP contribution in [0.1, 0.15) is 69.8 Å². The molecule has 0 saturated carbocycles. The molecule has 1 aliphatic heterocycles. The first-order chi connectivity index (χ1) is 16.9. The van der Waals surface area contributed by atoms with Gasteiger partial charge in [-0.05, 0) is 72.0 Å². The molecule has 13 heteroatoms. The van der Waals surface area contributed by atoms with Gasteiger partial charge in [0.1, 0.15) is 5.60 Å². The molecule has 0 spiro atoms. The first-order valence-corrected chi connectivity index (χ1v) is 12.7. The maximum absolute atomic E-state index is 12.2. The molecule has 2 heterocycles. The third-order valence-electron chi connectivity index (χ3n) is 5.73. The molecule has 2 rings (SSSR count). The summed E-state index contributed by atoms with van der Waals surface area (Å²) in [4.78, 5) is 33.9. The van der Waals surface area contributed by atoms with Crippen LogP contribution in [0.25, 0.3) is 0 Å². The van der Waals surface area contributed by atoms with Gasteiger partial charge in [0.25, 0.3) is 5.91 Å². The molecule has 1 aromatic rings. The van der Waals surface area contributed by atoms with E-state index in [2.05, 4.69) is 30.8 Å². The van der Waals surface area contributed by atoms with Crippen molar-refractivity contribution in [1.82, 2.24) is 30.8 Å². The summed E-state index contributed by atoms with van der Waals surface area (Å²) in [5.41, 5.74) is 10.5. The average Bonchev–Trinajstić information content (AvgIpc) is 2.78. The number of unbranched alkanes of at least 4 members (excludes halogenated alkanes) is 1. The fourth-order valence-electron chi connectivity index (χ4n) is 3.90. The number of piperidine rings is 1. The highest BCUT2D eigenvalue weighted by molar-refractivity contribution is 6.31. The van der Waals surface area contributed by atoms with Crippen LogP contribution >= 0.6 is 11.6 Å². The molecule has 0 atom stereocenters. The maximum Gasteiger partial charge on any atom is 0.407 e. The van der Waals surface area contributed by atoms with E-state index in [1.54, 1.807) is 0 Å². The Morgan fingerprint density at radius 2 is 1.75 bits per heavy atom. The van der Waals surface area contributed by atoms with Crippen LogP contribution in [0.3, 0.4) is 0 Å². The zero-order valence-electron chi connectivity index (χ0n) is 21.5. The monoisotopic (exact) mass is 525 g/mol. The van der Waals surface area contributed by atoms with Crippen molar-refractivity contribution >= 4 is 41.2 Å². The van der Waals surface area contributed by atoms with Gasteiger partial charge >= 0.3 is 6.09 Å². The third-order valence-corrected chi connectivity index (χ3v) is 6.00. The minimum atomic E-state index is -0.674. The number of hydrogen-bond donors (Lipinski definition) is 6. The Morgan fingerprint density at radius 1 is 1.08 bits per heavy atom. The summed E-state index contributed by atoms with van der Waals surface area (Å²) in [5, 5.41) is 15.8. The summed E-state index contributed by atoms with van der Waals surface area (Å²) in [6.45, 7) is 9.88. The first kappa shape index (κ1) is 29.4. The molecule has 1 aliphatic rings. The molecule has 0 bridgehead atoms. The molecule has 1 aromatic heterocycles. The summed E-state index contributed by atoms with van der Waals surface area (Å²) in [6, 6.07) is 0. The molecule has 12 nitrogen and oxygen atoms in total. The highest BCUT2D eigenvalue weighted by Gasteiger charge is 2.20. The zero-order chi connectivity index (χ0) is 26.7. The Kier molecular flexibility index (Phi) is 11.4. The van der Waals surface area contributed by atoms with E-state index in [0.717, 1.165) is 45.3 Å². The van der Waals surface area contributed by atoms with E-state index < -0.39 is 11.5 Å². The Morgan fingerprint density at radius 3 is 2.42 bits per heavy atom. The third kappa shape index (κ3) is 10.8. The number of hydrogen-bond acceptors (Lipinski definition) is 9. The lowest BCUT2D eigenvalue weighted by Crippen LogP contribution is -2.41. The van der Waals surface area contributed by atoms with Gasteiger partial charge in [-0.25, -0.2) is 14.8 Å². The van der Waals surface area contributed by atoms with Crippen molar-refractivity contribution in [3.05, 3.63) is 10.8 Å². The number of nitrogens with two attached hydrogens (primary N) is 2. The Balaban J connectivity index is 1.52. The molecule has 1 saturated heterocycles. The molecule has 0 aromatic carbocycles. The SMILES string of the molecule is CC(C)(C)OC(=O)NCCCN1CCC(CCCCNC(=N)NC(=O)c2nc(Cl)c(N)nc2N)CC1. The van der Waals surface area contributed by atoms with E-state index in [1.807, 2.05) is 20.8 Å². The molecule has 0 aliphatic carbocycles. The summed E-state index contributed by atoms with van der Waals surface area (Å²) < 4.78 is 5.24. The van der Waals surface area contributed by atoms with E-state index in [4.69, 9.17) is 33.2 Å². The average molecular weight is 526 g/mol. The van der Waals surface area contributed by atoms with Gasteiger partial charge < -0.3 is 31.7 Å². The number of rotatable bonds is 10. The van der Waals surface area contributed by atoms with Crippen LogP contribution in [0.2, 0.25) is 5.15 Å². The van der Waals surface area contributed by atoms with Crippen LogP contribution in [0.4, 0.5) is 16.4 Å². The number of nitrogen functional groups attached to an aromatic ring is 2. The van der Waals surface area contributed by atoms with Crippen molar-refractivity contribution in [2.45, 2.75) is 64.9 Å². The topological polar surface area (TPSA) is 184 Å². The number of aromatic nitrogens is 2. The van der Waals surface area contributed by atoms with Crippen LogP contribution < -0.4 is 27.4 Å².